The van der Waals surface area contributed by atoms with Crippen LogP contribution in [0.2, 0.25) is 0 Å². The van der Waals surface area contributed by atoms with Crippen molar-refractivity contribution in [1.29, 1.82) is 0 Å². The second kappa shape index (κ2) is 4.70. The van der Waals surface area contributed by atoms with E-state index in [4.69, 9.17) is 0 Å². The summed E-state index contributed by atoms with van der Waals surface area (Å²) in [7, 11) is 0. The summed E-state index contributed by atoms with van der Waals surface area (Å²) in [6.45, 7) is 6.74. The van der Waals surface area contributed by atoms with Crippen LogP contribution in [0, 0.1) is 20.8 Å². The Morgan fingerprint density at radius 2 is 1.67 bits per heavy atom. The number of hydrogen-bond donors (Lipinski definition) is 0. The minimum atomic E-state index is 1.26. The quantitative estimate of drug-likeness (QED) is 0.583. The van der Waals surface area contributed by atoms with Crippen molar-refractivity contribution >= 4 is 74.9 Å². The molecule has 15 heavy (non-hydrogen) atoms. The van der Waals surface area contributed by atoms with E-state index in [1.54, 1.807) is 12.0 Å². The molecule has 0 saturated carbocycles. The summed E-state index contributed by atoms with van der Waals surface area (Å²) in [4.78, 5) is 4.56. The van der Waals surface area contributed by atoms with Crippen LogP contribution in [0.15, 0.2) is 5.38 Å². The van der Waals surface area contributed by atoms with Crippen LogP contribution in [0.25, 0.3) is 9.75 Å². The molecule has 0 nitrogen and oxygen atoms in total. The molecule has 2 aromatic rings. The molecule has 2 rings (SSSR count). The summed E-state index contributed by atoms with van der Waals surface area (Å²) in [5, 5.41) is 2.35. The molecule has 0 aliphatic carbocycles. The number of thiophene rings is 2. The van der Waals surface area contributed by atoms with Crippen molar-refractivity contribution in [3.63, 3.8) is 0 Å². The molecule has 0 saturated heterocycles. The molecular formula is C11H12S2Sn2. The van der Waals surface area contributed by atoms with Gasteiger partial charge < -0.3 is 0 Å². The Morgan fingerprint density at radius 3 is 2.07 bits per heavy atom. The molecular weight excluding hydrogens is 434 g/mol. The van der Waals surface area contributed by atoms with Gasteiger partial charge in [0.2, 0.25) is 0 Å². The zero-order valence-corrected chi connectivity index (χ0v) is 17.3. The summed E-state index contributed by atoms with van der Waals surface area (Å²) in [6.07, 6.45) is 0. The monoisotopic (exact) mass is 448 g/mol. The first-order chi connectivity index (χ1) is 7.02. The van der Waals surface area contributed by atoms with Crippen molar-refractivity contribution in [2.24, 2.45) is 0 Å². The van der Waals surface area contributed by atoms with Gasteiger partial charge in [0.15, 0.2) is 0 Å². The maximum absolute atomic E-state index is 2.35. The van der Waals surface area contributed by atoms with Gasteiger partial charge in [-0.1, -0.05) is 0 Å². The van der Waals surface area contributed by atoms with Gasteiger partial charge in [-0.05, 0) is 0 Å². The molecule has 0 amide bonds. The Labute approximate surface area is 125 Å². The molecule has 4 heteroatoms. The van der Waals surface area contributed by atoms with Gasteiger partial charge in [-0.25, -0.2) is 0 Å². The Bertz CT molecular complexity index is 509. The summed E-state index contributed by atoms with van der Waals surface area (Å²) in [5.74, 6) is 0. The number of hydrogen-bond acceptors (Lipinski definition) is 2. The molecule has 4 radical (unpaired) electrons. The number of aryl methyl sites for hydroxylation is 1. The molecule has 76 valence electrons. The SMILES string of the molecule is Cc1sc(-c2sc[c]([SnH])[c]2[SnH])c(C)c1C. The predicted octanol–water partition coefficient (Wildman–Crippen LogP) is 1.45. The van der Waals surface area contributed by atoms with E-state index in [9.17, 15) is 0 Å². The van der Waals surface area contributed by atoms with Crippen molar-refractivity contribution in [3.05, 3.63) is 21.4 Å². The van der Waals surface area contributed by atoms with Crippen LogP contribution >= 0.6 is 22.7 Å². The van der Waals surface area contributed by atoms with E-state index in [0.717, 1.165) is 0 Å². The summed E-state index contributed by atoms with van der Waals surface area (Å²) < 4.78 is 3.24. The van der Waals surface area contributed by atoms with Crippen LogP contribution in [-0.4, -0.2) is 45.0 Å². The molecule has 0 aliphatic heterocycles. The molecule has 0 aromatic carbocycles. The van der Waals surface area contributed by atoms with Crippen molar-refractivity contribution in [2.45, 2.75) is 20.8 Å². The Hall–Kier alpha value is 0.997. The van der Waals surface area contributed by atoms with Gasteiger partial charge in [0.25, 0.3) is 0 Å². The molecule has 2 aromatic heterocycles. The van der Waals surface area contributed by atoms with Crippen LogP contribution in [0.3, 0.4) is 0 Å². The number of rotatable bonds is 1. The average Bonchev–Trinajstić information content (AvgIpc) is 2.64. The van der Waals surface area contributed by atoms with Gasteiger partial charge in [-0.2, -0.15) is 0 Å². The summed E-state index contributed by atoms with van der Waals surface area (Å²) >= 11 is 6.43. The van der Waals surface area contributed by atoms with E-state index >= 15 is 0 Å². The molecule has 0 unspecified atom stereocenters. The average molecular weight is 446 g/mol. The van der Waals surface area contributed by atoms with Gasteiger partial charge in [0.1, 0.15) is 0 Å². The standard InChI is InChI=1S/C11H10S2.2Sn.2H/c1-7-8(2)11(13-9(7)3)10-5-4-6-12-10;;;;/h6H,1-3H3;;;;. The van der Waals surface area contributed by atoms with Gasteiger partial charge in [0, 0.05) is 0 Å². The Balaban J connectivity index is 2.64. The van der Waals surface area contributed by atoms with E-state index in [1.807, 2.05) is 22.7 Å². The Morgan fingerprint density at radius 1 is 1.00 bits per heavy atom. The van der Waals surface area contributed by atoms with E-state index in [0.29, 0.717) is 0 Å². The first kappa shape index (κ1) is 12.5. The molecule has 2 heterocycles. The van der Waals surface area contributed by atoms with Crippen LogP contribution < -0.4 is 7.16 Å². The van der Waals surface area contributed by atoms with Crippen molar-refractivity contribution < 1.29 is 0 Å². The topological polar surface area (TPSA) is 0 Å². The van der Waals surface area contributed by atoms with Crippen LogP contribution in [0.1, 0.15) is 16.0 Å². The zero-order chi connectivity index (χ0) is 11.2. The molecule has 0 bridgehead atoms. The third kappa shape index (κ3) is 2.19. The molecule has 0 N–H and O–H groups in total. The first-order valence-electron chi connectivity index (χ1n) is 4.71. The van der Waals surface area contributed by atoms with Crippen LogP contribution in [0.4, 0.5) is 0 Å². The van der Waals surface area contributed by atoms with E-state index in [2.05, 4.69) is 26.2 Å². The predicted molar refractivity (Wildman–Crippen MR) is 75.4 cm³/mol. The fourth-order valence-electron chi connectivity index (χ4n) is 1.51. The maximum atomic E-state index is 2.35. The molecule has 0 spiro atoms. The van der Waals surface area contributed by atoms with Crippen LogP contribution in [-0.2, 0) is 0 Å². The second-order valence-electron chi connectivity index (χ2n) is 3.67. The zero-order valence-electron chi connectivity index (χ0n) is 9.05. The Kier molecular flexibility index (Phi) is 3.90. The molecule has 0 fully saturated rings. The van der Waals surface area contributed by atoms with Crippen molar-refractivity contribution in [3.8, 4) is 9.75 Å². The third-order valence-corrected chi connectivity index (χ3v) is 12.4. The van der Waals surface area contributed by atoms with E-state index in [1.165, 1.54) is 65.9 Å². The van der Waals surface area contributed by atoms with E-state index in [-0.39, 0.29) is 0 Å². The van der Waals surface area contributed by atoms with Crippen LogP contribution in [0.5, 0.6) is 0 Å². The van der Waals surface area contributed by atoms with E-state index < -0.39 is 0 Å². The third-order valence-electron chi connectivity index (χ3n) is 2.75. The van der Waals surface area contributed by atoms with Gasteiger partial charge in [-0.15, -0.1) is 0 Å². The fraction of sp³-hybridized carbons (Fsp3) is 0.273. The fourth-order valence-corrected chi connectivity index (χ4v) is 6.95. The van der Waals surface area contributed by atoms with Crippen molar-refractivity contribution in [2.75, 3.05) is 0 Å². The van der Waals surface area contributed by atoms with Crippen molar-refractivity contribution in [1.82, 2.24) is 0 Å². The molecule has 0 aliphatic rings. The molecule has 0 atom stereocenters. The van der Waals surface area contributed by atoms with Gasteiger partial charge in [-0.3, -0.25) is 0 Å². The summed E-state index contributed by atoms with van der Waals surface area (Å²) in [6, 6.07) is 0. The van der Waals surface area contributed by atoms with Gasteiger partial charge >= 0.3 is 127 Å². The van der Waals surface area contributed by atoms with Gasteiger partial charge in [0.05, 0.1) is 0 Å². The summed E-state index contributed by atoms with van der Waals surface area (Å²) in [5.41, 5.74) is 2.98. The minimum absolute atomic E-state index is 1.26. The first-order valence-corrected chi connectivity index (χ1v) is 9.71. The second-order valence-corrected chi connectivity index (χ2v) is 9.20. The normalized spacial score (nSPS) is 11.0.